The van der Waals surface area contributed by atoms with Crippen LogP contribution in [0, 0.1) is 0 Å². The number of ether oxygens (including phenoxy) is 1. The summed E-state index contributed by atoms with van der Waals surface area (Å²) in [5.74, 6) is -0.219. The van der Waals surface area contributed by atoms with Gasteiger partial charge in [-0.25, -0.2) is 4.79 Å². The predicted molar refractivity (Wildman–Crippen MR) is 73.3 cm³/mol. The van der Waals surface area contributed by atoms with Gasteiger partial charge in [0.15, 0.2) is 0 Å². The number of carbonyl (C=O) groups is 1. The Balaban J connectivity index is 2.30. The minimum atomic E-state index is -0.457. The molecule has 0 unspecified atom stereocenters. The average Bonchev–Trinajstić information content (AvgIpc) is 2.56. The molecule has 0 aromatic rings. The highest BCUT2D eigenvalue weighted by atomic mass is 35.5. The maximum atomic E-state index is 12.1. The number of carbonyl (C=O) groups excluding carboxylic acids is 1. The summed E-state index contributed by atoms with van der Waals surface area (Å²) in [5.41, 5.74) is 2.42. The fraction of sp³-hybridized carbons (Fsp3) is 0.400. The van der Waals surface area contributed by atoms with E-state index in [2.05, 4.69) is 0 Å². The highest BCUT2D eigenvalue weighted by molar-refractivity contribution is 6.31. The number of hydrogen-bond acceptors (Lipinski definition) is 2. The van der Waals surface area contributed by atoms with E-state index in [9.17, 15) is 4.79 Å². The van der Waals surface area contributed by atoms with Gasteiger partial charge >= 0.3 is 5.97 Å². The molecule has 0 aromatic heterocycles. The monoisotopic (exact) mass is 264 g/mol. The molecule has 0 amide bonds. The van der Waals surface area contributed by atoms with Crippen LogP contribution in [0.2, 0.25) is 0 Å². The van der Waals surface area contributed by atoms with Gasteiger partial charge in [0.2, 0.25) is 0 Å². The fourth-order valence-electron chi connectivity index (χ4n) is 2.05. The van der Waals surface area contributed by atoms with Crippen molar-refractivity contribution in [1.82, 2.24) is 0 Å². The van der Waals surface area contributed by atoms with Gasteiger partial charge in [-0.3, -0.25) is 0 Å². The van der Waals surface area contributed by atoms with E-state index >= 15 is 0 Å². The lowest BCUT2D eigenvalue weighted by Gasteiger charge is -2.20. The quantitative estimate of drug-likeness (QED) is 0.668. The van der Waals surface area contributed by atoms with Gasteiger partial charge in [0.05, 0.1) is 0 Å². The van der Waals surface area contributed by atoms with Gasteiger partial charge in [0, 0.05) is 10.6 Å². The third-order valence-electron chi connectivity index (χ3n) is 2.81. The Morgan fingerprint density at radius 1 is 1.22 bits per heavy atom. The molecular formula is C15H17ClO2. The Morgan fingerprint density at radius 3 is 2.61 bits per heavy atom. The second kappa shape index (κ2) is 4.77. The van der Waals surface area contributed by atoms with Gasteiger partial charge < -0.3 is 4.74 Å². The van der Waals surface area contributed by atoms with E-state index in [1.54, 1.807) is 0 Å². The molecule has 0 saturated carbocycles. The van der Waals surface area contributed by atoms with E-state index in [0.717, 1.165) is 29.6 Å². The summed E-state index contributed by atoms with van der Waals surface area (Å²) in [7, 11) is 0. The summed E-state index contributed by atoms with van der Waals surface area (Å²) in [4.78, 5) is 12.1. The van der Waals surface area contributed by atoms with E-state index in [0.29, 0.717) is 5.03 Å². The highest BCUT2D eigenvalue weighted by Gasteiger charge is 2.27. The number of fused-ring (bicyclic) bond motifs is 1. The molecule has 0 N–H and O–H groups in total. The number of rotatable bonds is 1. The lowest BCUT2D eigenvalue weighted by atomic mass is 10.1. The average molecular weight is 265 g/mol. The minimum absolute atomic E-state index is 0.219. The van der Waals surface area contributed by atoms with Gasteiger partial charge in [-0.05, 0) is 56.9 Å². The van der Waals surface area contributed by atoms with Crippen LogP contribution < -0.4 is 0 Å². The number of esters is 1. The SMILES string of the molecule is CC(C)(C)OC(=O)C1=C2C=CC(Cl)=CC=C2CC1. The van der Waals surface area contributed by atoms with Crippen LogP contribution in [0.1, 0.15) is 33.6 Å². The summed E-state index contributed by atoms with van der Waals surface area (Å²) >= 11 is 5.96. The molecule has 0 bridgehead atoms. The molecule has 0 aromatic carbocycles. The van der Waals surface area contributed by atoms with Crippen molar-refractivity contribution in [3.05, 3.63) is 46.1 Å². The Hall–Kier alpha value is -1.28. The third kappa shape index (κ3) is 2.94. The molecule has 0 fully saturated rings. The summed E-state index contributed by atoms with van der Waals surface area (Å²) in [6.07, 6.45) is 9.17. The molecule has 0 saturated heterocycles. The van der Waals surface area contributed by atoms with Crippen LogP contribution in [-0.2, 0) is 9.53 Å². The summed E-state index contributed by atoms with van der Waals surface area (Å²) < 4.78 is 5.43. The Bertz CT molecular complexity index is 499. The smallest absolute Gasteiger partial charge is 0.335 e. The maximum Gasteiger partial charge on any atom is 0.335 e. The molecule has 0 radical (unpaired) electrons. The maximum absolute atomic E-state index is 12.1. The number of hydrogen-bond donors (Lipinski definition) is 0. The first-order chi connectivity index (χ1) is 8.37. The van der Waals surface area contributed by atoms with Gasteiger partial charge in [-0.15, -0.1) is 0 Å². The summed E-state index contributed by atoms with van der Waals surface area (Å²) in [6.45, 7) is 5.63. The van der Waals surface area contributed by atoms with Crippen molar-refractivity contribution in [3.8, 4) is 0 Å². The Labute approximate surface area is 113 Å². The molecule has 18 heavy (non-hydrogen) atoms. The van der Waals surface area contributed by atoms with Crippen molar-refractivity contribution >= 4 is 17.6 Å². The van der Waals surface area contributed by atoms with Crippen LogP contribution in [0.4, 0.5) is 0 Å². The molecule has 3 heteroatoms. The van der Waals surface area contributed by atoms with E-state index in [-0.39, 0.29) is 5.97 Å². The van der Waals surface area contributed by atoms with Crippen LogP contribution in [0.25, 0.3) is 0 Å². The number of allylic oxidation sites excluding steroid dienone is 7. The predicted octanol–water partition coefficient (Wildman–Crippen LogP) is 4.04. The first kappa shape index (κ1) is 13.2. The Morgan fingerprint density at radius 2 is 1.94 bits per heavy atom. The van der Waals surface area contributed by atoms with E-state index in [1.165, 1.54) is 0 Å². The van der Waals surface area contributed by atoms with Gasteiger partial charge in [-0.1, -0.05) is 23.8 Å². The third-order valence-corrected chi connectivity index (χ3v) is 3.07. The molecule has 2 aliphatic carbocycles. The molecule has 0 atom stereocenters. The zero-order chi connectivity index (χ0) is 13.3. The van der Waals surface area contributed by atoms with Crippen LogP contribution in [0.5, 0.6) is 0 Å². The highest BCUT2D eigenvalue weighted by Crippen LogP contribution is 2.35. The molecule has 2 rings (SSSR count). The van der Waals surface area contributed by atoms with Crippen molar-refractivity contribution in [1.29, 1.82) is 0 Å². The van der Waals surface area contributed by atoms with E-state index < -0.39 is 5.60 Å². The van der Waals surface area contributed by atoms with Gasteiger partial charge in [0.25, 0.3) is 0 Å². The summed E-state index contributed by atoms with van der Waals surface area (Å²) in [5, 5.41) is 0.674. The topological polar surface area (TPSA) is 26.3 Å². The molecule has 0 spiro atoms. The van der Waals surface area contributed by atoms with Crippen molar-refractivity contribution < 1.29 is 9.53 Å². The minimum Gasteiger partial charge on any atom is -0.457 e. The molecule has 2 aliphatic rings. The van der Waals surface area contributed by atoms with Crippen molar-refractivity contribution in [2.45, 2.75) is 39.2 Å². The Kier molecular flexibility index (Phi) is 3.49. The standard InChI is InChI=1S/C15H17ClO2/c1-15(2,3)18-14(17)13-8-5-10-4-6-11(16)7-9-12(10)13/h4,6-7,9H,5,8H2,1-3H3. The van der Waals surface area contributed by atoms with Crippen LogP contribution in [-0.4, -0.2) is 11.6 Å². The lowest BCUT2D eigenvalue weighted by molar-refractivity contribution is -0.150. The first-order valence-electron chi connectivity index (χ1n) is 6.08. The van der Waals surface area contributed by atoms with Crippen molar-refractivity contribution in [2.24, 2.45) is 0 Å². The summed E-state index contributed by atoms with van der Waals surface area (Å²) in [6, 6.07) is 0. The fourth-order valence-corrected chi connectivity index (χ4v) is 2.18. The van der Waals surface area contributed by atoms with Crippen LogP contribution in [0.15, 0.2) is 46.1 Å². The molecule has 2 nitrogen and oxygen atoms in total. The second-order valence-electron chi connectivity index (χ2n) is 5.47. The van der Waals surface area contributed by atoms with Crippen molar-refractivity contribution in [3.63, 3.8) is 0 Å². The molecule has 0 heterocycles. The van der Waals surface area contributed by atoms with E-state index in [4.69, 9.17) is 16.3 Å². The normalized spacial score (nSPS) is 19.1. The molecular weight excluding hydrogens is 248 g/mol. The number of halogens is 1. The van der Waals surface area contributed by atoms with E-state index in [1.807, 2.05) is 45.1 Å². The van der Waals surface area contributed by atoms with Crippen LogP contribution in [0.3, 0.4) is 0 Å². The molecule has 96 valence electrons. The van der Waals surface area contributed by atoms with Gasteiger partial charge in [-0.2, -0.15) is 0 Å². The largest absolute Gasteiger partial charge is 0.457 e. The lowest BCUT2D eigenvalue weighted by Crippen LogP contribution is -2.24. The second-order valence-corrected chi connectivity index (χ2v) is 5.91. The first-order valence-corrected chi connectivity index (χ1v) is 6.46. The zero-order valence-corrected chi connectivity index (χ0v) is 11.7. The molecule has 0 aliphatic heterocycles. The van der Waals surface area contributed by atoms with Crippen molar-refractivity contribution in [2.75, 3.05) is 0 Å². The van der Waals surface area contributed by atoms with Gasteiger partial charge in [0.1, 0.15) is 5.60 Å². The zero-order valence-electron chi connectivity index (χ0n) is 10.9. The van der Waals surface area contributed by atoms with Crippen LogP contribution >= 0.6 is 11.6 Å².